The summed E-state index contributed by atoms with van der Waals surface area (Å²) in [6.45, 7) is -0.628. The molecule has 1 aromatic carbocycles. The molecule has 1 aliphatic rings. The van der Waals surface area contributed by atoms with E-state index >= 15 is 0 Å². The molecule has 0 saturated carbocycles. The second-order valence-corrected chi connectivity index (χ2v) is 3.58. The van der Waals surface area contributed by atoms with Crippen LogP contribution in [0, 0.1) is 0 Å². The number of nitrogens with zero attached hydrogens (tertiary/aromatic N) is 2. The third-order valence-electron chi connectivity index (χ3n) is 2.29. The molecule has 0 radical (unpaired) electrons. The van der Waals surface area contributed by atoms with Crippen molar-refractivity contribution in [2.45, 2.75) is 11.8 Å². The van der Waals surface area contributed by atoms with Crippen LogP contribution in [0.2, 0.25) is 0 Å². The monoisotopic (exact) mass is 260 g/mol. The number of hydrogen-bond acceptors (Lipinski definition) is 4. The van der Waals surface area contributed by atoms with Crippen molar-refractivity contribution in [2.75, 3.05) is 6.61 Å². The summed E-state index contributed by atoms with van der Waals surface area (Å²) in [6.07, 6.45) is -4.61. The summed E-state index contributed by atoms with van der Waals surface area (Å²) in [5.74, 6) is -1.19. The Morgan fingerprint density at radius 1 is 1.39 bits per heavy atom. The lowest BCUT2D eigenvalue weighted by atomic mass is 10.0. The molecule has 1 heterocycles. The van der Waals surface area contributed by atoms with Gasteiger partial charge in [0.15, 0.2) is 6.61 Å². The largest absolute Gasteiger partial charge is 0.482 e. The second kappa shape index (κ2) is 3.97. The van der Waals surface area contributed by atoms with Gasteiger partial charge in [0.1, 0.15) is 5.75 Å². The molecule has 0 atom stereocenters. The summed E-state index contributed by atoms with van der Waals surface area (Å²) in [7, 11) is 0. The lowest BCUT2D eigenvalue weighted by Crippen LogP contribution is -2.30. The normalized spacial score (nSPS) is 16.4. The quantitative estimate of drug-likeness (QED) is 0.903. The number of carbonyl (C=O) groups is 1. The number of hydrogen-bond donors (Lipinski definition) is 1. The zero-order valence-electron chi connectivity index (χ0n) is 8.81. The molecule has 8 heteroatoms. The topological polar surface area (TPSA) is 71.2 Å². The first-order chi connectivity index (χ1) is 8.35. The van der Waals surface area contributed by atoms with Gasteiger partial charge in [-0.25, -0.2) is 4.79 Å². The third-order valence-corrected chi connectivity index (χ3v) is 2.29. The Morgan fingerprint density at radius 3 is 2.56 bits per heavy atom. The van der Waals surface area contributed by atoms with Gasteiger partial charge in [-0.3, -0.25) is 0 Å². The molecule has 0 aliphatic carbocycles. The van der Waals surface area contributed by atoms with Gasteiger partial charge in [0.25, 0.3) is 0 Å². The van der Waals surface area contributed by atoms with Crippen molar-refractivity contribution in [2.24, 2.45) is 10.2 Å². The number of benzene rings is 1. The smallest absolute Gasteiger partial charge is 0.442 e. The van der Waals surface area contributed by atoms with E-state index < -0.39 is 24.4 Å². The molecule has 1 aliphatic heterocycles. The van der Waals surface area contributed by atoms with Crippen LogP contribution in [-0.4, -0.2) is 23.9 Å². The molecule has 1 aromatic rings. The third kappa shape index (κ3) is 2.13. The number of carboxylic acid groups (broad SMARTS) is 1. The van der Waals surface area contributed by atoms with Crippen LogP contribution in [0.25, 0.3) is 0 Å². The van der Waals surface area contributed by atoms with E-state index in [1.54, 1.807) is 0 Å². The van der Waals surface area contributed by atoms with Crippen molar-refractivity contribution < 1.29 is 27.8 Å². The second-order valence-electron chi connectivity index (χ2n) is 3.58. The Bertz CT molecular complexity index is 507. The fourth-order valence-corrected chi connectivity index (χ4v) is 1.39. The van der Waals surface area contributed by atoms with E-state index in [-0.39, 0.29) is 11.3 Å². The van der Waals surface area contributed by atoms with Gasteiger partial charge in [0.2, 0.25) is 0 Å². The molecular formula is C10H7F3N2O3. The van der Waals surface area contributed by atoms with Gasteiger partial charge >= 0.3 is 17.8 Å². The van der Waals surface area contributed by atoms with Gasteiger partial charge in [0, 0.05) is 5.56 Å². The Labute approximate surface area is 98.9 Å². The highest BCUT2D eigenvalue weighted by atomic mass is 19.4. The van der Waals surface area contributed by atoms with Crippen LogP contribution in [0.15, 0.2) is 34.5 Å². The summed E-state index contributed by atoms with van der Waals surface area (Å²) >= 11 is 0. The maximum absolute atomic E-state index is 12.7. The number of halogens is 3. The molecule has 0 fully saturated rings. The van der Waals surface area contributed by atoms with E-state index in [1.807, 2.05) is 0 Å². The summed E-state index contributed by atoms with van der Waals surface area (Å²) < 4.78 is 42.9. The highest BCUT2D eigenvalue weighted by Crippen LogP contribution is 2.52. The van der Waals surface area contributed by atoms with Crippen molar-refractivity contribution in [1.29, 1.82) is 0 Å². The average Bonchev–Trinajstić information content (AvgIpc) is 3.07. The number of ether oxygens (including phenoxy) is 1. The van der Waals surface area contributed by atoms with E-state index in [4.69, 9.17) is 9.84 Å². The van der Waals surface area contributed by atoms with Crippen molar-refractivity contribution in [3.8, 4) is 5.75 Å². The fourth-order valence-electron chi connectivity index (χ4n) is 1.39. The van der Waals surface area contributed by atoms with Gasteiger partial charge in [-0.1, -0.05) is 12.1 Å². The van der Waals surface area contributed by atoms with E-state index in [1.165, 1.54) is 18.2 Å². The summed E-state index contributed by atoms with van der Waals surface area (Å²) in [4.78, 5) is 10.3. The molecule has 0 unspecified atom stereocenters. The Hall–Kier alpha value is -2.12. The van der Waals surface area contributed by atoms with Crippen LogP contribution in [0.3, 0.4) is 0 Å². The fraction of sp³-hybridized carbons (Fsp3) is 0.300. The zero-order valence-corrected chi connectivity index (χ0v) is 8.81. The van der Waals surface area contributed by atoms with Crippen molar-refractivity contribution >= 4 is 5.97 Å². The van der Waals surface area contributed by atoms with Gasteiger partial charge in [0.05, 0.1) is 0 Å². The van der Waals surface area contributed by atoms with Crippen molar-refractivity contribution in [3.63, 3.8) is 0 Å². The molecule has 0 spiro atoms. The minimum absolute atomic E-state index is 0.0239. The van der Waals surface area contributed by atoms with Gasteiger partial charge in [-0.05, 0) is 12.1 Å². The number of alkyl halides is 3. The highest BCUT2D eigenvalue weighted by molar-refractivity contribution is 5.68. The molecule has 18 heavy (non-hydrogen) atoms. The molecule has 0 amide bonds. The first kappa shape index (κ1) is 12.3. The van der Waals surface area contributed by atoms with Crippen LogP contribution in [0.1, 0.15) is 5.56 Å². The maximum atomic E-state index is 12.7. The zero-order chi connectivity index (χ0) is 13.4. The van der Waals surface area contributed by atoms with Gasteiger partial charge in [-0.15, -0.1) is 10.2 Å². The van der Waals surface area contributed by atoms with Crippen molar-refractivity contribution in [3.05, 3.63) is 29.8 Å². The molecule has 5 nitrogen and oxygen atoms in total. The molecular weight excluding hydrogens is 253 g/mol. The summed E-state index contributed by atoms with van der Waals surface area (Å²) in [6, 6.07) is 4.97. The van der Waals surface area contributed by atoms with Gasteiger partial charge < -0.3 is 9.84 Å². The maximum Gasteiger partial charge on any atom is 0.442 e. The molecule has 1 N–H and O–H groups in total. The van der Waals surface area contributed by atoms with E-state index in [2.05, 4.69) is 10.2 Å². The average molecular weight is 260 g/mol. The Balaban J connectivity index is 2.20. The number of aliphatic carboxylic acids is 1. The molecule has 0 aromatic heterocycles. The van der Waals surface area contributed by atoms with Crippen LogP contribution >= 0.6 is 0 Å². The number of carboxylic acids is 1. The van der Waals surface area contributed by atoms with E-state index in [0.717, 1.165) is 6.07 Å². The van der Waals surface area contributed by atoms with Crippen LogP contribution in [0.5, 0.6) is 5.75 Å². The molecule has 0 bridgehead atoms. The minimum Gasteiger partial charge on any atom is -0.482 e. The van der Waals surface area contributed by atoms with Crippen LogP contribution in [-0.2, 0) is 10.5 Å². The molecule has 2 rings (SSSR count). The SMILES string of the molecule is O=C(O)COc1cccc(C2(C(F)(F)F)N=N2)c1. The van der Waals surface area contributed by atoms with Gasteiger partial charge in [-0.2, -0.15) is 13.2 Å². The molecule has 0 saturated heterocycles. The lowest BCUT2D eigenvalue weighted by Gasteiger charge is -2.15. The molecule has 96 valence electrons. The predicted molar refractivity (Wildman–Crippen MR) is 52.2 cm³/mol. The number of rotatable bonds is 4. The Kier molecular flexibility index (Phi) is 2.72. The lowest BCUT2D eigenvalue weighted by molar-refractivity contribution is -0.166. The highest BCUT2D eigenvalue weighted by Gasteiger charge is 2.65. The standard InChI is InChI=1S/C10H7F3N2O3/c11-10(12,13)9(14-15-9)6-2-1-3-7(4-6)18-5-8(16)17/h1-4H,5H2,(H,16,17). The van der Waals surface area contributed by atoms with Crippen LogP contribution in [0.4, 0.5) is 13.2 Å². The van der Waals surface area contributed by atoms with Crippen LogP contribution < -0.4 is 4.74 Å². The van der Waals surface area contributed by atoms with E-state index in [9.17, 15) is 18.0 Å². The first-order valence-electron chi connectivity index (χ1n) is 4.81. The summed E-state index contributed by atoms with van der Waals surface area (Å²) in [5, 5.41) is 14.5. The summed E-state index contributed by atoms with van der Waals surface area (Å²) in [5.41, 5.74) is -2.71. The Morgan fingerprint density at radius 2 is 2.06 bits per heavy atom. The first-order valence-corrected chi connectivity index (χ1v) is 4.81. The van der Waals surface area contributed by atoms with E-state index in [0.29, 0.717) is 0 Å². The van der Waals surface area contributed by atoms with Crippen molar-refractivity contribution in [1.82, 2.24) is 0 Å². The predicted octanol–water partition coefficient (Wildman–Crippen LogP) is 2.33. The minimum atomic E-state index is -4.61.